The van der Waals surface area contributed by atoms with Gasteiger partial charge in [-0.1, -0.05) is 6.07 Å². The summed E-state index contributed by atoms with van der Waals surface area (Å²) in [6.45, 7) is 3.61. The lowest BCUT2D eigenvalue weighted by molar-refractivity contribution is -0.136. The first kappa shape index (κ1) is 16.8. The summed E-state index contributed by atoms with van der Waals surface area (Å²) in [6.07, 6.45) is 2.77. The number of likely N-dealkylation sites (N-methyl/N-ethyl adjacent to an activating group) is 1. The Morgan fingerprint density at radius 1 is 1.26 bits per heavy atom. The van der Waals surface area contributed by atoms with E-state index in [-0.39, 0.29) is 0 Å². The van der Waals surface area contributed by atoms with E-state index < -0.39 is 11.8 Å². The molecule has 7 heteroatoms. The van der Waals surface area contributed by atoms with Gasteiger partial charge in [0.1, 0.15) is 5.75 Å². The lowest BCUT2D eigenvalue weighted by Crippen LogP contribution is -2.44. The van der Waals surface area contributed by atoms with Crippen LogP contribution in [0.15, 0.2) is 30.0 Å². The van der Waals surface area contributed by atoms with Crippen LogP contribution in [0.3, 0.4) is 0 Å². The smallest absolute Gasteiger partial charge is 0.327 e. The van der Waals surface area contributed by atoms with E-state index in [1.54, 1.807) is 12.1 Å². The summed E-state index contributed by atoms with van der Waals surface area (Å²) in [7, 11) is 3.53. The molecular formula is C16H22N4O3. The largest absolute Gasteiger partial charge is 0.495 e. The lowest BCUT2D eigenvalue weighted by atomic mass is 10.2. The quantitative estimate of drug-likeness (QED) is 0.564. The number of rotatable bonds is 4. The van der Waals surface area contributed by atoms with Crippen molar-refractivity contribution in [2.75, 3.05) is 32.6 Å². The first-order chi connectivity index (χ1) is 11.0. The van der Waals surface area contributed by atoms with Gasteiger partial charge in [0.15, 0.2) is 0 Å². The average molecular weight is 318 g/mol. The molecule has 0 aliphatic carbocycles. The van der Waals surface area contributed by atoms with E-state index in [4.69, 9.17) is 4.74 Å². The number of nitrogens with one attached hydrogen (secondary N) is 3. The van der Waals surface area contributed by atoms with Crippen LogP contribution in [-0.4, -0.2) is 44.0 Å². The molecule has 1 aliphatic rings. The molecule has 0 spiro atoms. The second kappa shape index (κ2) is 7.64. The molecule has 0 aromatic heterocycles. The molecular weight excluding hydrogens is 296 g/mol. The minimum Gasteiger partial charge on any atom is -0.495 e. The van der Waals surface area contributed by atoms with Crippen LogP contribution in [0, 0.1) is 6.92 Å². The average Bonchev–Trinajstić information content (AvgIpc) is 2.54. The number of hydrazine groups is 1. The number of nitrogens with zero attached hydrogens (tertiary/aromatic N) is 1. The molecule has 1 heterocycles. The fourth-order valence-electron chi connectivity index (χ4n) is 2.18. The molecule has 1 aromatic carbocycles. The van der Waals surface area contributed by atoms with Crippen LogP contribution in [-0.2, 0) is 9.59 Å². The predicted molar refractivity (Wildman–Crippen MR) is 87.8 cm³/mol. The lowest BCUT2D eigenvalue weighted by Gasteiger charge is -2.22. The summed E-state index contributed by atoms with van der Waals surface area (Å²) in [6, 6.07) is 5.35. The Morgan fingerprint density at radius 3 is 2.70 bits per heavy atom. The van der Waals surface area contributed by atoms with E-state index in [1.807, 2.05) is 26.1 Å². The van der Waals surface area contributed by atoms with Gasteiger partial charge in [0, 0.05) is 25.2 Å². The molecule has 2 rings (SSSR count). The van der Waals surface area contributed by atoms with Crippen molar-refractivity contribution in [1.82, 2.24) is 15.8 Å². The van der Waals surface area contributed by atoms with Gasteiger partial charge in [-0.25, -0.2) is 0 Å². The van der Waals surface area contributed by atoms with Crippen LogP contribution in [0.4, 0.5) is 5.69 Å². The van der Waals surface area contributed by atoms with Gasteiger partial charge >= 0.3 is 11.8 Å². The zero-order valence-corrected chi connectivity index (χ0v) is 13.6. The normalized spacial score (nSPS) is 14.7. The van der Waals surface area contributed by atoms with E-state index in [2.05, 4.69) is 21.1 Å². The van der Waals surface area contributed by atoms with E-state index in [1.165, 1.54) is 7.11 Å². The Balaban J connectivity index is 1.90. The number of benzene rings is 1. The van der Waals surface area contributed by atoms with Gasteiger partial charge in [-0.15, -0.1) is 0 Å². The Hall–Kier alpha value is -2.54. The van der Waals surface area contributed by atoms with Crippen molar-refractivity contribution in [2.24, 2.45) is 0 Å². The number of carbonyl (C=O) groups excluding carboxylic acids is 2. The van der Waals surface area contributed by atoms with Crippen LogP contribution in [0.5, 0.6) is 5.75 Å². The van der Waals surface area contributed by atoms with Gasteiger partial charge in [-0.3, -0.25) is 15.0 Å². The molecule has 0 atom stereocenters. The third-order valence-electron chi connectivity index (χ3n) is 3.56. The molecule has 0 saturated carbocycles. The van der Waals surface area contributed by atoms with Crippen molar-refractivity contribution in [2.45, 2.75) is 13.3 Å². The molecule has 23 heavy (non-hydrogen) atoms. The third kappa shape index (κ3) is 4.72. The second-order valence-corrected chi connectivity index (χ2v) is 5.48. The number of ether oxygens (including phenoxy) is 1. The van der Waals surface area contributed by atoms with Crippen molar-refractivity contribution >= 4 is 17.5 Å². The molecule has 0 radical (unpaired) electrons. The van der Waals surface area contributed by atoms with E-state index in [0.717, 1.165) is 30.8 Å². The molecule has 1 aliphatic heterocycles. The van der Waals surface area contributed by atoms with Gasteiger partial charge in [-0.05, 0) is 37.7 Å². The van der Waals surface area contributed by atoms with E-state index in [9.17, 15) is 9.59 Å². The molecule has 3 N–H and O–H groups in total. The van der Waals surface area contributed by atoms with Crippen molar-refractivity contribution in [1.29, 1.82) is 0 Å². The molecule has 0 fully saturated rings. The maximum Gasteiger partial charge on any atom is 0.327 e. The number of amides is 2. The van der Waals surface area contributed by atoms with Crippen molar-refractivity contribution in [3.8, 4) is 5.75 Å². The molecule has 124 valence electrons. The van der Waals surface area contributed by atoms with Gasteiger partial charge in [0.2, 0.25) is 0 Å². The third-order valence-corrected chi connectivity index (χ3v) is 3.56. The molecule has 0 unspecified atom stereocenters. The highest BCUT2D eigenvalue weighted by Gasteiger charge is 2.16. The van der Waals surface area contributed by atoms with Crippen LogP contribution >= 0.6 is 0 Å². The first-order valence-electron chi connectivity index (χ1n) is 7.39. The number of hydrogen-bond acceptors (Lipinski definition) is 5. The monoisotopic (exact) mass is 318 g/mol. The van der Waals surface area contributed by atoms with Crippen LogP contribution in [0.1, 0.15) is 12.0 Å². The van der Waals surface area contributed by atoms with Crippen LogP contribution < -0.4 is 20.9 Å². The number of carbonyl (C=O) groups is 2. The Kier molecular flexibility index (Phi) is 5.59. The van der Waals surface area contributed by atoms with Gasteiger partial charge in [0.25, 0.3) is 0 Å². The minimum atomic E-state index is -0.756. The molecule has 7 nitrogen and oxygen atoms in total. The number of methoxy groups -OCH3 is 1. The highest BCUT2D eigenvalue weighted by atomic mass is 16.5. The zero-order chi connectivity index (χ0) is 16.8. The van der Waals surface area contributed by atoms with Crippen molar-refractivity contribution < 1.29 is 14.3 Å². The number of anilines is 1. The van der Waals surface area contributed by atoms with E-state index >= 15 is 0 Å². The standard InChI is InChI=1S/C16H22N4O3/c1-11-4-5-14(23-3)13(10-11)17-15(21)16(22)19-18-12-6-8-20(2)9-7-12/h4-6,10,18H,7-9H2,1-3H3,(H,17,21)(H,19,22). The maximum atomic E-state index is 12.0. The number of aryl methyl sites for hydroxylation is 1. The summed E-state index contributed by atoms with van der Waals surface area (Å²) < 4.78 is 5.17. The second-order valence-electron chi connectivity index (χ2n) is 5.48. The zero-order valence-electron chi connectivity index (χ0n) is 13.6. The van der Waals surface area contributed by atoms with Crippen molar-refractivity contribution in [3.05, 3.63) is 35.5 Å². The number of hydrogen-bond donors (Lipinski definition) is 3. The molecule has 2 amide bonds. The Bertz CT molecular complexity index is 628. The van der Waals surface area contributed by atoms with Crippen LogP contribution in [0.2, 0.25) is 0 Å². The fraction of sp³-hybridized carbons (Fsp3) is 0.375. The van der Waals surface area contributed by atoms with Gasteiger partial charge in [0.05, 0.1) is 12.8 Å². The van der Waals surface area contributed by atoms with Gasteiger partial charge < -0.3 is 20.4 Å². The van der Waals surface area contributed by atoms with Gasteiger partial charge in [-0.2, -0.15) is 0 Å². The molecule has 0 saturated heterocycles. The Labute approximate surface area is 135 Å². The predicted octanol–water partition coefficient (Wildman–Crippen LogP) is 0.782. The Morgan fingerprint density at radius 2 is 2.04 bits per heavy atom. The summed E-state index contributed by atoms with van der Waals surface area (Å²) in [5, 5.41) is 2.55. The highest BCUT2D eigenvalue weighted by Crippen LogP contribution is 2.24. The van der Waals surface area contributed by atoms with Crippen LogP contribution in [0.25, 0.3) is 0 Å². The summed E-state index contributed by atoms with van der Waals surface area (Å²) in [5.74, 6) is -1.01. The first-order valence-corrected chi connectivity index (χ1v) is 7.39. The van der Waals surface area contributed by atoms with E-state index in [0.29, 0.717) is 11.4 Å². The summed E-state index contributed by atoms with van der Waals surface area (Å²) in [5.41, 5.74) is 7.52. The fourth-order valence-corrected chi connectivity index (χ4v) is 2.18. The summed E-state index contributed by atoms with van der Waals surface area (Å²) in [4.78, 5) is 26.0. The molecule has 1 aromatic rings. The topological polar surface area (TPSA) is 82.7 Å². The SMILES string of the molecule is COc1ccc(C)cc1NC(=O)C(=O)NNC1=CCN(C)CC1. The van der Waals surface area contributed by atoms with Crippen molar-refractivity contribution in [3.63, 3.8) is 0 Å². The highest BCUT2D eigenvalue weighted by molar-refractivity contribution is 6.39. The summed E-state index contributed by atoms with van der Waals surface area (Å²) >= 11 is 0. The maximum absolute atomic E-state index is 12.0. The molecule has 0 bridgehead atoms. The minimum absolute atomic E-state index is 0.464.